The molecule has 0 aliphatic heterocycles. The van der Waals surface area contributed by atoms with Gasteiger partial charge in [-0.2, -0.15) is 5.10 Å². The van der Waals surface area contributed by atoms with E-state index < -0.39 is 0 Å². The van der Waals surface area contributed by atoms with Gasteiger partial charge in [0.15, 0.2) is 0 Å². The zero-order chi connectivity index (χ0) is 12.5. The van der Waals surface area contributed by atoms with Crippen LogP contribution in [0.1, 0.15) is 16.1 Å². The Kier molecular flexibility index (Phi) is 2.72. The second kappa shape index (κ2) is 4.38. The third-order valence-electron chi connectivity index (χ3n) is 2.95. The molecule has 18 heavy (non-hydrogen) atoms. The van der Waals surface area contributed by atoms with Gasteiger partial charge < -0.3 is 0 Å². The summed E-state index contributed by atoms with van der Waals surface area (Å²) < 4.78 is 1.28. The summed E-state index contributed by atoms with van der Waals surface area (Å²) in [4.78, 5) is 12.5. The molecule has 1 N–H and O–H groups in total. The molecule has 1 aromatic carbocycles. The molecule has 3 aromatic rings. The Morgan fingerprint density at radius 2 is 2.11 bits per heavy atom. The minimum absolute atomic E-state index is 0.142. The molecule has 0 atom stereocenters. The van der Waals surface area contributed by atoms with Gasteiger partial charge in [0, 0.05) is 22.1 Å². The van der Waals surface area contributed by atoms with Crippen LogP contribution in [-0.2, 0) is 6.42 Å². The first-order chi connectivity index (χ1) is 8.72. The summed E-state index contributed by atoms with van der Waals surface area (Å²) >= 11 is 1.77. The highest BCUT2D eigenvalue weighted by Gasteiger charge is 2.06. The Balaban J connectivity index is 2.01. The molecule has 0 amide bonds. The minimum atomic E-state index is -0.142. The van der Waals surface area contributed by atoms with Crippen LogP contribution in [-0.4, -0.2) is 10.2 Å². The monoisotopic (exact) mass is 256 g/mol. The fourth-order valence-corrected chi connectivity index (χ4v) is 3.08. The molecule has 0 bridgehead atoms. The second-order valence-electron chi connectivity index (χ2n) is 4.27. The van der Waals surface area contributed by atoms with Crippen LogP contribution >= 0.6 is 11.3 Å². The van der Waals surface area contributed by atoms with Crippen molar-refractivity contribution in [3.8, 4) is 0 Å². The number of nitrogens with zero attached hydrogens (tertiary/aromatic N) is 1. The molecule has 3 rings (SSSR count). The third kappa shape index (κ3) is 2.07. The summed E-state index contributed by atoms with van der Waals surface area (Å²) in [5, 5.41) is 7.70. The number of rotatable bonds is 2. The van der Waals surface area contributed by atoms with Crippen LogP contribution in [0.5, 0.6) is 0 Å². The van der Waals surface area contributed by atoms with Gasteiger partial charge in [0.1, 0.15) is 0 Å². The van der Waals surface area contributed by atoms with Crippen molar-refractivity contribution in [3.63, 3.8) is 0 Å². The normalized spacial score (nSPS) is 10.9. The number of fused-ring (bicyclic) bond motifs is 1. The van der Waals surface area contributed by atoms with Gasteiger partial charge in [0.2, 0.25) is 0 Å². The zero-order valence-corrected chi connectivity index (χ0v) is 10.8. The molecule has 0 spiro atoms. The van der Waals surface area contributed by atoms with Crippen LogP contribution in [0.4, 0.5) is 0 Å². The first-order valence-electron chi connectivity index (χ1n) is 5.75. The fraction of sp³-hybridized carbons (Fsp3) is 0.143. The van der Waals surface area contributed by atoms with Crippen molar-refractivity contribution in [2.24, 2.45) is 0 Å². The number of H-pyrrole nitrogens is 1. The van der Waals surface area contributed by atoms with Gasteiger partial charge in [-0.25, -0.2) is 5.10 Å². The highest BCUT2D eigenvalue weighted by molar-refractivity contribution is 7.19. The average molecular weight is 256 g/mol. The van der Waals surface area contributed by atoms with E-state index >= 15 is 0 Å². The summed E-state index contributed by atoms with van der Waals surface area (Å²) in [5.74, 6) is 0. The van der Waals surface area contributed by atoms with E-state index in [4.69, 9.17) is 0 Å². The van der Waals surface area contributed by atoms with Gasteiger partial charge in [-0.15, -0.1) is 11.3 Å². The molecule has 90 valence electrons. The molecule has 0 fully saturated rings. The number of benzene rings is 1. The highest BCUT2D eigenvalue weighted by atomic mass is 32.1. The zero-order valence-electron chi connectivity index (χ0n) is 9.93. The maximum Gasteiger partial charge on any atom is 0.264 e. The lowest BCUT2D eigenvalue weighted by atomic mass is 10.1. The van der Waals surface area contributed by atoms with Crippen LogP contribution in [0.3, 0.4) is 0 Å². The molecule has 2 heterocycles. The largest absolute Gasteiger partial charge is 0.268 e. The molecule has 0 saturated heterocycles. The number of nitrogens with one attached hydrogen (secondary N) is 1. The predicted molar refractivity (Wildman–Crippen MR) is 74.2 cm³/mol. The second-order valence-corrected chi connectivity index (χ2v) is 5.44. The van der Waals surface area contributed by atoms with Crippen molar-refractivity contribution in [3.05, 3.63) is 62.9 Å². The Bertz CT molecular complexity index is 725. The van der Waals surface area contributed by atoms with Gasteiger partial charge in [-0.1, -0.05) is 18.2 Å². The third-order valence-corrected chi connectivity index (χ3v) is 4.06. The van der Waals surface area contributed by atoms with Crippen LogP contribution in [0, 0.1) is 6.92 Å². The van der Waals surface area contributed by atoms with Crippen LogP contribution in [0.15, 0.2) is 41.2 Å². The van der Waals surface area contributed by atoms with E-state index in [-0.39, 0.29) is 5.56 Å². The Labute approximate surface area is 108 Å². The molecule has 4 heteroatoms. The summed E-state index contributed by atoms with van der Waals surface area (Å²) in [6.45, 7) is 1.92. The van der Waals surface area contributed by atoms with Crippen LogP contribution < -0.4 is 5.56 Å². The maximum atomic E-state index is 11.3. The number of hydrogen-bond donors (Lipinski definition) is 1. The molecule has 0 aliphatic rings. The number of thiophene rings is 1. The van der Waals surface area contributed by atoms with E-state index in [0.29, 0.717) is 0 Å². The molecule has 0 aliphatic carbocycles. The van der Waals surface area contributed by atoms with Crippen LogP contribution in [0.25, 0.3) is 10.1 Å². The van der Waals surface area contributed by atoms with Gasteiger partial charge in [-0.3, -0.25) is 4.79 Å². The lowest BCUT2D eigenvalue weighted by Crippen LogP contribution is -2.10. The van der Waals surface area contributed by atoms with Gasteiger partial charge in [0.25, 0.3) is 5.56 Å². The van der Waals surface area contributed by atoms with Crippen molar-refractivity contribution >= 4 is 21.4 Å². The van der Waals surface area contributed by atoms with Crippen molar-refractivity contribution in [2.75, 3.05) is 0 Å². The van der Waals surface area contributed by atoms with Gasteiger partial charge >= 0.3 is 0 Å². The van der Waals surface area contributed by atoms with E-state index in [2.05, 4.69) is 28.4 Å². The van der Waals surface area contributed by atoms with Crippen molar-refractivity contribution < 1.29 is 0 Å². The molecular formula is C14H12N2OS. The average Bonchev–Trinajstić information content (AvgIpc) is 2.76. The molecule has 0 unspecified atom stereocenters. The molecule has 3 nitrogen and oxygen atoms in total. The molecular weight excluding hydrogens is 244 g/mol. The van der Waals surface area contributed by atoms with Gasteiger partial charge in [0.05, 0.1) is 5.69 Å². The van der Waals surface area contributed by atoms with Crippen LogP contribution in [0.2, 0.25) is 0 Å². The predicted octanol–water partition coefficient (Wildman–Crippen LogP) is 2.88. The first-order valence-corrected chi connectivity index (χ1v) is 6.57. The summed E-state index contributed by atoms with van der Waals surface area (Å²) in [5.41, 5.74) is 1.73. The van der Waals surface area contributed by atoms with Crippen molar-refractivity contribution in [2.45, 2.75) is 13.3 Å². The Morgan fingerprint density at radius 3 is 2.94 bits per heavy atom. The number of aromatic nitrogens is 2. The van der Waals surface area contributed by atoms with Crippen molar-refractivity contribution in [1.82, 2.24) is 10.2 Å². The molecule has 0 saturated carbocycles. The van der Waals surface area contributed by atoms with E-state index in [1.54, 1.807) is 17.4 Å². The first kappa shape index (κ1) is 11.2. The maximum absolute atomic E-state index is 11.3. The van der Waals surface area contributed by atoms with Gasteiger partial charge in [-0.05, 0) is 30.0 Å². The van der Waals surface area contributed by atoms with E-state index in [1.807, 2.05) is 19.1 Å². The standard InChI is InChI=1S/C14H12N2OS/c1-9-11(8-14(17)16-15-9)7-12-6-10-4-2-3-5-13(10)18-12/h2-6,8H,7H2,1H3,(H,16,17). The number of aromatic amines is 1. The summed E-state index contributed by atoms with van der Waals surface area (Å²) in [6.07, 6.45) is 0.766. The fourth-order valence-electron chi connectivity index (χ4n) is 2.00. The topological polar surface area (TPSA) is 45.8 Å². The summed E-state index contributed by atoms with van der Waals surface area (Å²) in [6, 6.07) is 12.1. The lowest BCUT2D eigenvalue weighted by molar-refractivity contribution is 0.915. The highest BCUT2D eigenvalue weighted by Crippen LogP contribution is 2.27. The Hall–Kier alpha value is -1.94. The van der Waals surface area contributed by atoms with E-state index in [9.17, 15) is 4.79 Å². The quantitative estimate of drug-likeness (QED) is 0.766. The number of hydrogen-bond acceptors (Lipinski definition) is 3. The Morgan fingerprint density at radius 1 is 1.28 bits per heavy atom. The molecule has 2 aromatic heterocycles. The minimum Gasteiger partial charge on any atom is -0.268 e. The molecule has 0 radical (unpaired) electrons. The van der Waals surface area contributed by atoms with E-state index in [1.165, 1.54) is 15.0 Å². The summed E-state index contributed by atoms with van der Waals surface area (Å²) in [7, 11) is 0. The lowest BCUT2D eigenvalue weighted by Gasteiger charge is -2.00. The number of aryl methyl sites for hydroxylation is 1. The smallest absolute Gasteiger partial charge is 0.264 e. The van der Waals surface area contributed by atoms with Crippen molar-refractivity contribution in [1.29, 1.82) is 0 Å². The van der Waals surface area contributed by atoms with E-state index in [0.717, 1.165) is 17.7 Å². The SMILES string of the molecule is Cc1n[nH]c(=O)cc1Cc1cc2ccccc2s1.